The van der Waals surface area contributed by atoms with Gasteiger partial charge in [0.15, 0.2) is 0 Å². The maximum atomic E-state index is 12.8. The average Bonchev–Trinajstić information content (AvgIpc) is 2.46. The number of ether oxygens (including phenoxy) is 1. The summed E-state index contributed by atoms with van der Waals surface area (Å²) in [6.45, 7) is 0. The van der Waals surface area contributed by atoms with Crippen molar-refractivity contribution in [1.82, 2.24) is 0 Å². The summed E-state index contributed by atoms with van der Waals surface area (Å²) in [4.78, 5) is 0. The van der Waals surface area contributed by atoms with E-state index >= 15 is 0 Å². The van der Waals surface area contributed by atoms with E-state index in [4.69, 9.17) is 5.26 Å². The minimum atomic E-state index is -4.86. The number of nitriles is 1. The highest BCUT2D eigenvalue weighted by Gasteiger charge is 2.32. The Bertz CT molecular complexity index is 756. The van der Waals surface area contributed by atoms with Crippen molar-refractivity contribution in [1.29, 1.82) is 5.26 Å². The van der Waals surface area contributed by atoms with Crippen molar-refractivity contribution < 1.29 is 31.1 Å². The van der Waals surface area contributed by atoms with E-state index in [-0.39, 0.29) is 17.5 Å². The highest BCUT2D eigenvalue weighted by atomic mass is 19.4. The van der Waals surface area contributed by atoms with Gasteiger partial charge in [0.25, 0.3) is 0 Å². The molecule has 0 radical (unpaired) electrons. The second kappa shape index (κ2) is 6.43. The summed E-state index contributed by atoms with van der Waals surface area (Å²) in [5.74, 6) is -0.486. The lowest BCUT2D eigenvalue weighted by Crippen LogP contribution is -2.16. The molecule has 126 valence electrons. The first-order valence-electron chi connectivity index (χ1n) is 6.53. The average molecular weight is 345 g/mol. The largest absolute Gasteiger partial charge is 0.573 e. The molecule has 2 rings (SSSR count). The molecule has 0 spiro atoms. The third-order valence-corrected chi connectivity index (χ3v) is 3.11. The molecule has 0 aliphatic carbocycles. The van der Waals surface area contributed by atoms with E-state index in [1.807, 2.05) is 6.07 Å². The van der Waals surface area contributed by atoms with Crippen LogP contribution in [0.3, 0.4) is 0 Å². The van der Waals surface area contributed by atoms with Crippen LogP contribution in [0.2, 0.25) is 0 Å². The summed E-state index contributed by atoms with van der Waals surface area (Å²) in [5.41, 5.74) is -0.185. The maximum absolute atomic E-state index is 12.8. The summed E-state index contributed by atoms with van der Waals surface area (Å²) < 4.78 is 78.6. The van der Waals surface area contributed by atoms with Gasteiger partial charge in [-0.3, -0.25) is 0 Å². The van der Waals surface area contributed by atoms with Crippen molar-refractivity contribution in [3.8, 4) is 22.9 Å². The Balaban J connectivity index is 2.44. The lowest BCUT2D eigenvalue weighted by atomic mass is 9.95. The second-order valence-electron chi connectivity index (χ2n) is 4.78. The van der Waals surface area contributed by atoms with Gasteiger partial charge in [-0.1, -0.05) is 18.2 Å². The highest BCUT2D eigenvalue weighted by Crippen LogP contribution is 2.35. The Morgan fingerprint density at radius 3 is 2.04 bits per heavy atom. The monoisotopic (exact) mass is 345 g/mol. The third-order valence-electron chi connectivity index (χ3n) is 3.11. The third kappa shape index (κ3) is 4.41. The molecule has 0 aromatic heterocycles. The zero-order chi connectivity index (χ0) is 18.0. The normalized spacial score (nSPS) is 11.9. The van der Waals surface area contributed by atoms with Gasteiger partial charge in [-0.15, -0.1) is 13.2 Å². The molecule has 0 aliphatic heterocycles. The number of halogens is 6. The van der Waals surface area contributed by atoms with Gasteiger partial charge < -0.3 is 4.74 Å². The molecule has 0 N–H and O–H groups in total. The lowest BCUT2D eigenvalue weighted by Gasteiger charge is -2.13. The van der Waals surface area contributed by atoms with Crippen molar-refractivity contribution >= 4 is 0 Å². The van der Waals surface area contributed by atoms with E-state index < -0.39 is 23.9 Å². The molecule has 0 unspecified atom stereocenters. The predicted octanol–water partition coefficient (Wildman–Crippen LogP) is 5.34. The van der Waals surface area contributed by atoms with Crippen LogP contribution in [-0.4, -0.2) is 6.36 Å². The highest BCUT2D eigenvalue weighted by molar-refractivity contribution is 5.69. The maximum Gasteiger partial charge on any atom is 0.573 e. The van der Waals surface area contributed by atoms with Gasteiger partial charge in [0, 0.05) is 0 Å². The molecule has 8 heteroatoms. The van der Waals surface area contributed by atoms with Crippen molar-refractivity contribution in [2.45, 2.75) is 19.0 Å². The molecule has 0 saturated heterocycles. The van der Waals surface area contributed by atoms with Gasteiger partial charge in [-0.2, -0.15) is 18.4 Å². The van der Waals surface area contributed by atoms with E-state index in [1.165, 1.54) is 18.2 Å². The van der Waals surface area contributed by atoms with Crippen LogP contribution in [-0.2, 0) is 12.6 Å². The summed E-state index contributed by atoms with van der Waals surface area (Å²) >= 11 is 0. The van der Waals surface area contributed by atoms with Crippen molar-refractivity contribution in [3.05, 3.63) is 53.6 Å². The Morgan fingerprint density at radius 1 is 0.917 bits per heavy atom. The Morgan fingerprint density at radius 2 is 1.54 bits per heavy atom. The number of benzene rings is 2. The zero-order valence-corrected chi connectivity index (χ0v) is 11.9. The minimum Gasteiger partial charge on any atom is -0.406 e. The van der Waals surface area contributed by atoms with Gasteiger partial charge >= 0.3 is 12.5 Å². The number of alkyl halides is 6. The fourth-order valence-electron chi connectivity index (χ4n) is 2.10. The first-order valence-corrected chi connectivity index (χ1v) is 6.53. The number of rotatable bonds is 3. The van der Waals surface area contributed by atoms with Gasteiger partial charge in [-0.25, -0.2) is 0 Å². The van der Waals surface area contributed by atoms with E-state index in [0.29, 0.717) is 5.56 Å². The lowest BCUT2D eigenvalue weighted by molar-refractivity contribution is -0.274. The second-order valence-corrected chi connectivity index (χ2v) is 4.78. The summed E-state index contributed by atoms with van der Waals surface area (Å²) in [6, 6.07) is 9.16. The first-order chi connectivity index (χ1) is 11.1. The quantitative estimate of drug-likeness (QED) is 0.704. The molecule has 0 atom stereocenters. The van der Waals surface area contributed by atoms with Gasteiger partial charge in [0.2, 0.25) is 0 Å². The molecule has 2 aromatic rings. The van der Waals surface area contributed by atoms with E-state index in [9.17, 15) is 26.3 Å². The van der Waals surface area contributed by atoms with E-state index in [1.54, 1.807) is 0 Å². The van der Waals surface area contributed by atoms with Gasteiger partial charge in [0.05, 0.1) is 18.1 Å². The smallest absolute Gasteiger partial charge is 0.406 e. The number of nitrogens with zero attached hydrogens (tertiary/aromatic N) is 1. The van der Waals surface area contributed by atoms with Gasteiger partial charge in [-0.05, 0) is 41.0 Å². The molecule has 0 fully saturated rings. The Hall–Kier alpha value is -2.69. The summed E-state index contributed by atoms with van der Waals surface area (Å²) in [6.07, 6.45) is -9.56. The fourth-order valence-corrected chi connectivity index (χ4v) is 2.10. The first kappa shape index (κ1) is 17.7. The molecular formula is C16H9F6NO. The van der Waals surface area contributed by atoms with Crippen LogP contribution >= 0.6 is 0 Å². The summed E-state index contributed by atoms with van der Waals surface area (Å²) in [5, 5.41) is 8.77. The van der Waals surface area contributed by atoms with Crippen LogP contribution < -0.4 is 4.74 Å². The molecule has 0 bridgehead atoms. The van der Waals surface area contributed by atoms with Gasteiger partial charge in [0.1, 0.15) is 5.75 Å². The molecule has 2 nitrogen and oxygen atoms in total. The molecular weight excluding hydrogens is 336 g/mol. The van der Waals surface area contributed by atoms with Crippen LogP contribution in [0.25, 0.3) is 11.1 Å². The standard InChI is InChI=1S/C16H9F6NO/c17-15(18,19)12-4-1-11(7-8-23)14(9-12)10-2-5-13(6-3-10)24-16(20,21)22/h1-6,9H,7H2. The predicted molar refractivity (Wildman–Crippen MR) is 72.9 cm³/mol. The van der Waals surface area contributed by atoms with Crippen LogP contribution in [0, 0.1) is 11.3 Å². The van der Waals surface area contributed by atoms with Crippen LogP contribution in [0.4, 0.5) is 26.3 Å². The van der Waals surface area contributed by atoms with E-state index in [0.717, 1.165) is 24.3 Å². The van der Waals surface area contributed by atoms with Crippen molar-refractivity contribution in [3.63, 3.8) is 0 Å². The number of hydrogen-bond donors (Lipinski definition) is 0. The number of hydrogen-bond acceptors (Lipinski definition) is 2. The van der Waals surface area contributed by atoms with Crippen LogP contribution in [0.5, 0.6) is 5.75 Å². The molecule has 2 aromatic carbocycles. The van der Waals surface area contributed by atoms with Crippen molar-refractivity contribution in [2.24, 2.45) is 0 Å². The fraction of sp³-hybridized carbons (Fsp3) is 0.188. The molecule has 24 heavy (non-hydrogen) atoms. The Kier molecular flexibility index (Phi) is 4.73. The molecule has 0 saturated carbocycles. The molecule has 0 aliphatic rings. The van der Waals surface area contributed by atoms with Crippen LogP contribution in [0.1, 0.15) is 11.1 Å². The van der Waals surface area contributed by atoms with E-state index in [2.05, 4.69) is 4.74 Å². The molecule has 0 amide bonds. The van der Waals surface area contributed by atoms with Crippen molar-refractivity contribution in [2.75, 3.05) is 0 Å². The minimum absolute atomic E-state index is 0.130. The zero-order valence-electron chi connectivity index (χ0n) is 11.9. The topological polar surface area (TPSA) is 33.0 Å². The van der Waals surface area contributed by atoms with Crippen LogP contribution in [0.15, 0.2) is 42.5 Å². The molecule has 0 heterocycles. The SMILES string of the molecule is N#CCc1ccc(C(F)(F)F)cc1-c1ccc(OC(F)(F)F)cc1. The Labute approximate surface area is 132 Å². The summed E-state index contributed by atoms with van der Waals surface area (Å²) in [7, 11) is 0.